The predicted molar refractivity (Wildman–Crippen MR) is 85.3 cm³/mol. The van der Waals surface area contributed by atoms with Crippen LogP contribution in [0.4, 0.5) is 0 Å². The molecule has 0 aromatic carbocycles. The molecule has 0 aromatic heterocycles. The lowest BCUT2D eigenvalue weighted by Crippen LogP contribution is -2.38. The average Bonchev–Trinajstić information content (AvgIpc) is 2.72. The Balaban J connectivity index is 1.42. The average molecular weight is 273 g/mol. The van der Waals surface area contributed by atoms with E-state index in [4.69, 9.17) is 0 Å². The van der Waals surface area contributed by atoms with Gasteiger partial charge in [0, 0.05) is 0 Å². The zero-order valence-corrected chi connectivity index (χ0v) is 13.3. The molecule has 20 heavy (non-hydrogen) atoms. The summed E-state index contributed by atoms with van der Waals surface area (Å²) in [6, 6.07) is 0. The lowest BCUT2D eigenvalue weighted by atomic mass is 9.56. The Kier molecular flexibility index (Phi) is 3.86. The van der Waals surface area contributed by atoms with Crippen molar-refractivity contribution in [2.75, 3.05) is 0 Å². The fraction of sp³-hybridized carbons (Fsp3) is 0.950. The lowest BCUT2D eigenvalue weighted by Gasteiger charge is -2.48. The normalized spacial score (nSPS) is 48.0. The van der Waals surface area contributed by atoms with Crippen LogP contribution in [0.3, 0.4) is 0 Å². The molecule has 1 radical (unpaired) electrons. The SMILES string of the molecule is [CH](CC1C2CCCC1CC2)C12CCCCC1CCCC2. The van der Waals surface area contributed by atoms with Crippen molar-refractivity contribution in [1.82, 2.24) is 0 Å². The van der Waals surface area contributed by atoms with Gasteiger partial charge in [0.15, 0.2) is 0 Å². The topological polar surface area (TPSA) is 0 Å². The van der Waals surface area contributed by atoms with Gasteiger partial charge in [-0.25, -0.2) is 0 Å². The van der Waals surface area contributed by atoms with Gasteiger partial charge in [0.25, 0.3) is 0 Å². The third kappa shape index (κ3) is 2.35. The molecule has 2 unspecified atom stereocenters. The van der Waals surface area contributed by atoms with E-state index in [0.29, 0.717) is 5.41 Å². The van der Waals surface area contributed by atoms with Gasteiger partial charge < -0.3 is 0 Å². The Morgan fingerprint density at radius 2 is 1.35 bits per heavy atom. The fourth-order valence-electron chi connectivity index (χ4n) is 6.67. The van der Waals surface area contributed by atoms with Crippen LogP contribution in [-0.2, 0) is 0 Å². The van der Waals surface area contributed by atoms with Gasteiger partial charge in [0.05, 0.1) is 0 Å². The van der Waals surface area contributed by atoms with E-state index in [0.717, 1.165) is 23.7 Å². The molecular weight excluding hydrogens is 240 g/mol. The standard InChI is InChI=1S/C20H33/c1-3-13-20(14-4-2-9-18(20)8-1)15-12-19-16-6-5-7-17(19)11-10-16/h15-19H,1-14H2. The van der Waals surface area contributed by atoms with Crippen molar-refractivity contribution in [2.24, 2.45) is 29.1 Å². The predicted octanol–water partition coefficient (Wildman–Crippen LogP) is 6.16. The van der Waals surface area contributed by atoms with Crippen LogP contribution < -0.4 is 0 Å². The van der Waals surface area contributed by atoms with E-state index in [9.17, 15) is 0 Å². The van der Waals surface area contributed by atoms with Gasteiger partial charge in [-0.3, -0.25) is 0 Å². The van der Waals surface area contributed by atoms with Crippen LogP contribution in [0.15, 0.2) is 0 Å². The van der Waals surface area contributed by atoms with Crippen molar-refractivity contribution in [3.8, 4) is 0 Å². The van der Waals surface area contributed by atoms with E-state index >= 15 is 0 Å². The summed E-state index contributed by atoms with van der Waals surface area (Å²) >= 11 is 0. The second-order valence-corrected chi connectivity index (χ2v) is 8.55. The molecular formula is C20H33. The molecule has 0 amide bonds. The highest BCUT2D eigenvalue weighted by Gasteiger charge is 2.44. The summed E-state index contributed by atoms with van der Waals surface area (Å²) in [4.78, 5) is 0. The molecule has 0 spiro atoms. The van der Waals surface area contributed by atoms with Crippen molar-refractivity contribution in [2.45, 2.75) is 89.9 Å². The van der Waals surface area contributed by atoms with Crippen molar-refractivity contribution in [3.05, 3.63) is 6.42 Å². The first-order valence-electron chi connectivity index (χ1n) is 9.72. The number of fused-ring (bicyclic) bond motifs is 3. The minimum atomic E-state index is 0.702. The molecule has 0 aromatic rings. The van der Waals surface area contributed by atoms with E-state index in [1.165, 1.54) is 32.1 Å². The molecule has 0 heteroatoms. The van der Waals surface area contributed by atoms with Gasteiger partial charge in [-0.1, -0.05) is 44.9 Å². The zero-order valence-electron chi connectivity index (χ0n) is 13.3. The van der Waals surface area contributed by atoms with Gasteiger partial charge >= 0.3 is 0 Å². The van der Waals surface area contributed by atoms with Crippen LogP contribution in [0.1, 0.15) is 89.9 Å². The molecule has 4 aliphatic rings. The summed E-state index contributed by atoms with van der Waals surface area (Å²) in [5.74, 6) is 4.41. The third-order valence-electron chi connectivity index (χ3n) is 7.77. The Bertz CT molecular complexity index is 303. The van der Waals surface area contributed by atoms with Gasteiger partial charge in [0.1, 0.15) is 0 Å². The summed E-state index contributed by atoms with van der Waals surface area (Å²) in [7, 11) is 0. The molecule has 2 atom stereocenters. The summed E-state index contributed by atoms with van der Waals surface area (Å²) in [6.45, 7) is 0. The monoisotopic (exact) mass is 273 g/mol. The highest BCUT2D eigenvalue weighted by molar-refractivity contribution is 5.03. The van der Waals surface area contributed by atoms with Crippen LogP contribution >= 0.6 is 0 Å². The first-order chi connectivity index (χ1) is 9.87. The molecule has 4 fully saturated rings. The fourth-order valence-corrected chi connectivity index (χ4v) is 6.67. The van der Waals surface area contributed by atoms with Crippen LogP contribution in [0.25, 0.3) is 0 Å². The number of hydrogen-bond acceptors (Lipinski definition) is 0. The van der Waals surface area contributed by atoms with Crippen LogP contribution in [0.2, 0.25) is 0 Å². The summed E-state index contributed by atoms with van der Waals surface area (Å²) in [6.07, 6.45) is 24.5. The third-order valence-corrected chi connectivity index (χ3v) is 7.77. The summed E-state index contributed by atoms with van der Waals surface area (Å²) in [5.41, 5.74) is 0.702. The maximum Gasteiger partial charge on any atom is -0.0238 e. The highest BCUT2D eigenvalue weighted by Crippen LogP contribution is 2.55. The number of rotatable bonds is 3. The van der Waals surface area contributed by atoms with Gasteiger partial charge in [-0.2, -0.15) is 0 Å². The molecule has 0 nitrogen and oxygen atoms in total. The lowest BCUT2D eigenvalue weighted by molar-refractivity contribution is 0.0667. The van der Waals surface area contributed by atoms with Crippen molar-refractivity contribution >= 4 is 0 Å². The Labute approximate surface area is 126 Å². The van der Waals surface area contributed by atoms with E-state index < -0.39 is 0 Å². The van der Waals surface area contributed by atoms with E-state index in [1.807, 2.05) is 0 Å². The van der Waals surface area contributed by atoms with Crippen molar-refractivity contribution in [3.63, 3.8) is 0 Å². The van der Waals surface area contributed by atoms with E-state index in [1.54, 1.807) is 57.8 Å². The largest absolute Gasteiger partial charge is 0.0530 e. The molecule has 0 saturated heterocycles. The maximum atomic E-state index is 2.91. The van der Waals surface area contributed by atoms with Crippen molar-refractivity contribution < 1.29 is 0 Å². The molecule has 0 N–H and O–H groups in total. The molecule has 4 aliphatic carbocycles. The second kappa shape index (κ2) is 5.65. The molecule has 0 aliphatic heterocycles. The van der Waals surface area contributed by atoms with Crippen LogP contribution in [0.5, 0.6) is 0 Å². The molecule has 2 bridgehead atoms. The second-order valence-electron chi connectivity index (χ2n) is 8.55. The minimum Gasteiger partial charge on any atom is -0.0530 e. The first-order valence-corrected chi connectivity index (χ1v) is 9.72. The molecule has 4 rings (SSSR count). The Morgan fingerprint density at radius 1 is 0.700 bits per heavy atom. The Morgan fingerprint density at radius 3 is 2.00 bits per heavy atom. The van der Waals surface area contributed by atoms with Gasteiger partial charge in [-0.15, -0.1) is 0 Å². The van der Waals surface area contributed by atoms with Gasteiger partial charge in [0.2, 0.25) is 0 Å². The Hall–Kier alpha value is 0. The first kappa shape index (κ1) is 13.6. The highest BCUT2D eigenvalue weighted by atomic mass is 14.5. The van der Waals surface area contributed by atoms with E-state index in [-0.39, 0.29) is 0 Å². The smallest absolute Gasteiger partial charge is 0.0238 e. The molecule has 0 heterocycles. The van der Waals surface area contributed by atoms with Gasteiger partial charge in [-0.05, 0) is 80.5 Å². The zero-order chi connectivity index (χ0) is 13.4. The maximum absolute atomic E-state index is 2.91. The van der Waals surface area contributed by atoms with E-state index in [2.05, 4.69) is 6.42 Å². The molecule has 113 valence electrons. The van der Waals surface area contributed by atoms with Crippen LogP contribution in [0, 0.1) is 35.5 Å². The van der Waals surface area contributed by atoms with Crippen LogP contribution in [-0.4, -0.2) is 0 Å². The summed E-state index contributed by atoms with van der Waals surface area (Å²) < 4.78 is 0. The minimum absolute atomic E-state index is 0.702. The molecule has 4 saturated carbocycles. The summed E-state index contributed by atoms with van der Waals surface area (Å²) in [5, 5.41) is 0. The number of hydrogen-bond donors (Lipinski definition) is 0. The quantitative estimate of drug-likeness (QED) is 0.578. The van der Waals surface area contributed by atoms with Crippen molar-refractivity contribution in [1.29, 1.82) is 0 Å².